The van der Waals surface area contributed by atoms with E-state index < -0.39 is 11.8 Å². The summed E-state index contributed by atoms with van der Waals surface area (Å²) in [5, 5.41) is 4.07. The predicted octanol–water partition coefficient (Wildman–Crippen LogP) is 5.56. The van der Waals surface area contributed by atoms with Crippen molar-refractivity contribution >= 4 is 50.7 Å². The maximum Gasteiger partial charge on any atom is 0.357 e. The van der Waals surface area contributed by atoms with E-state index in [0.717, 1.165) is 35.9 Å². The van der Waals surface area contributed by atoms with Crippen LogP contribution in [-0.2, 0) is 28.9 Å². The molecule has 2 heterocycles. The first-order valence-electron chi connectivity index (χ1n) is 9.96. The van der Waals surface area contributed by atoms with E-state index in [4.69, 9.17) is 16.3 Å². The van der Waals surface area contributed by atoms with Gasteiger partial charge < -0.3 is 14.6 Å². The van der Waals surface area contributed by atoms with Crippen LogP contribution in [0.4, 0.5) is 10.1 Å². The molecule has 0 fully saturated rings. The number of hydrogen-bond acceptors (Lipinski definition) is 4. The number of rotatable bonds is 5. The van der Waals surface area contributed by atoms with Crippen molar-refractivity contribution < 1.29 is 18.7 Å². The number of halogens is 2. The van der Waals surface area contributed by atoms with Crippen LogP contribution in [0.1, 0.15) is 53.2 Å². The minimum absolute atomic E-state index is 0.215. The number of thiophene rings is 1. The van der Waals surface area contributed by atoms with Gasteiger partial charge in [0, 0.05) is 22.2 Å². The smallest absolute Gasteiger partial charge is 0.357 e. The van der Waals surface area contributed by atoms with Gasteiger partial charge in [-0.3, -0.25) is 4.79 Å². The van der Waals surface area contributed by atoms with Gasteiger partial charge in [0.15, 0.2) is 5.69 Å². The third kappa shape index (κ3) is 3.72. The quantitative estimate of drug-likeness (QED) is 0.520. The molecule has 2 aromatic heterocycles. The van der Waals surface area contributed by atoms with Crippen LogP contribution in [0.2, 0.25) is 5.02 Å². The van der Waals surface area contributed by atoms with Crippen LogP contribution in [0.5, 0.6) is 0 Å². The SMILES string of the molecule is CCOC(=O)c1c(NC(C)=O)c2c3c(sc2n1Cc1ccc(F)cc1Cl)CCCC3. The maximum absolute atomic E-state index is 13.5. The number of amides is 1. The van der Waals surface area contributed by atoms with Gasteiger partial charge in [-0.25, -0.2) is 9.18 Å². The third-order valence-electron chi connectivity index (χ3n) is 5.27. The van der Waals surface area contributed by atoms with E-state index in [9.17, 15) is 14.0 Å². The number of fused-ring (bicyclic) bond motifs is 3. The zero-order valence-corrected chi connectivity index (χ0v) is 18.4. The van der Waals surface area contributed by atoms with Crippen LogP contribution in [0.25, 0.3) is 10.2 Å². The van der Waals surface area contributed by atoms with E-state index >= 15 is 0 Å². The number of ether oxygens (including phenoxy) is 1. The molecule has 0 saturated carbocycles. The highest BCUT2D eigenvalue weighted by Crippen LogP contribution is 2.44. The lowest BCUT2D eigenvalue weighted by Gasteiger charge is -2.14. The molecule has 0 aliphatic heterocycles. The first-order valence-corrected chi connectivity index (χ1v) is 11.2. The van der Waals surface area contributed by atoms with Gasteiger partial charge in [0.25, 0.3) is 0 Å². The summed E-state index contributed by atoms with van der Waals surface area (Å²) in [5.74, 6) is -1.18. The van der Waals surface area contributed by atoms with Gasteiger partial charge in [0.2, 0.25) is 5.91 Å². The summed E-state index contributed by atoms with van der Waals surface area (Å²) in [6, 6.07) is 4.22. The Morgan fingerprint density at radius 2 is 2.07 bits per heavy atom. The molecular formula is C22H22ClFN2O3S. The molecule has 0 atom stereocenters. The fraction of sp³-hybridized carbons (Fsp3) is 0.364. The highest BCUT2D eigenvalue weighted by Gasteiger charge is 2.30. The van der Waals surface area contributed by atoms with E-state index in [-0.39, 0.29) is 24.1 Å². The highest BCUT2D eigenvalue weighted by atomic mass is 35.5. The third-order valence-corrected chi connectivity index (χ3v) is 6.93. The Morgan fingerprint density at radius 1 is 1.30 bits per heavy atom. The molecule has 30 heavy (non-hydrogen) atoms. The molecule has 8 heteroatoms. The highest BCUT2D eigenvalue weighted by molar-refractivity contribution is 7.19. The molecule has 0 radical (unpaired) electrons. The van der Waals surface area contributed by atoms with Gasteiger partial charge in [-0.15, -0.1) is 11.3 Å². The van der Waals surface area contributed by atoms with Gasteiger partial charge in [0.1, 0.15) is 10.6 Å². The molecule has 1 N–H and O–H groups in total. The van der Waals surface area contributed by atoms with Gasteiger partial charge in [-0.1, -0.05) is 17.7 Å². The Kier molecular flexibility index (Phi) is 5.84. The van der Waals surface area contributed by atoms with E-state index in [1.165, 1.54) is 29.5 Å². The number of carbonyl (C=O) groups excluding carboxylic acids is 2. The van der Waals surface area contributed by atoms with Crippen molar-refractivity contribution in [1.29, 1.82) is 0 Å². The van der Waals surface area contributed by atoms with Crippen molar-refractivity contribution in [1.82, 2.24) is 4.57 Å². The number of benzene rings is 1. The molecule has 1 aliphatic rings. The minimum Gasteiger partial charge on any atom is -0.461 e. The molecular weight excluding hydrogens is 427 g/mol. The summed E-state index contributed by atoms with van der Waals surface area (Å²) in [5.41, 5.74) is 2.66. The summed E-state index contributed by atoms with van der Waals surface area (Å²) in [4.78, 5) is 27.1. The lowest BCUT2D eigenvalue weighted by Crippen LogP contribution is -2.17. The first-order chi connectivity index (χ1) is 14.4. The summed E-state index contributed by atoms with van der Waals surface area (Å²) in [7, 11) is 0. The second kappa shape index (κ2) is 8.40. The number of nitrogens with zero attached hydrogens (tertiary/aromatic N) is 1. The Morgan fingerprint density at radius 3 is 2.77 bits per heavy atom. The van der Waals surface area contributed by atoms with Crippen LogP contribution in [0.15, 0.2) is 18.2 Å². The molecule has 3 aromatic rings. The van der Waals surface area contributed by atoms with Crippen LogP contribution >= 0.6 is 22.9 Å². The van der Waals surface area contributed by atoms with E-state index in [1.807, 2.05) is 4.57 Å². The average molecular weight is 449 g/mol. The van der Waals surface area contributed by atoms with Gasteiger partial charge in [0.05, 0.1) is 18.8 Å². The number of aryl methyl sites for hydroxylation is 2. The van der Waals surface area contributed by atoms with E-state index in [1.54, 1.807) is 24.3 Å². The number of hydrogen-bond donors (Lipinski definition) is 1. The number of anilines is 1. The van der Waals surface area contributed by atoms with E-state index in [0.29, 0.717) is 16.9 Å². The van der Waals surface area contributed by atoms with Crippen LogP contribution in [0, 0.1) is 5.82 Å². The fourth-order valence-electron chi connectivity index (χ4n) is 4.03. The molecule has 1 aromatic carbocycles. The van der Waals surface area contributed by atoms with Gasteiger partial charge in [-0.2, -0.15) is 0 Å². The van der Waals surface area contributed by atoms with Crippen LogP contribution in [-0.4, -0.2) is 23.1 Å². The Hall–Kier alpha value is -2.38. The molecule has 158 valence electrons. The number of aromatic nitrogens is 1. The molecule has 0 unspecified atom stereocenters. The topological polar surface area (TPSA) is 60.3 Å². The van der Waals surface area contributed by atoms with Crippen molar-refractivity contribution in [3.05, 3.63) is 50.7 Å². The zero-order valence-electron chi connectivity index (χ0n) is 16.8. The average Bonchev–Trinajstić information content (AvgIpc) is 3.19. The summed E-state index contributed by atoms with van der Waals surface area (Å²) < 4.78 is 20.7. The van der Waals surface area contributed by atoms with Crippen molar-refractivity contribution in [2.45, 2.75) is 46.1 Å². The number of nitrogens with one attached hydrogen (secondary N) is 1. The van der Waals surface area contributed by atoms with Gasteiger partial charge >= 0.3 is 5.97 Å². The molecule has 1 aliphatic carbocycles. The Balaban J connectivity index is 1.97. The summed E-state index contributed by atoms with van der Waals surface area (Å²) in [6.45, 7) is 3.65. The van der Waals surface area contributed by atoms with Gasteiger partial charge in [-0.05, 0) is 55.9 Å². The minimum atomic E-state index is -0.507. The van der Waals surface area contributed by atoms with Crippen molar-refractivity contribution in [3.8, 4) is 0 Å². The molecule has 0 saturated heterocycles. The van der Waals surface area contributed by atoms with Crippen LogP contribution < -0.4 is 5.32 Å². The fourth-order valence-corrected chi connectivity index (χ4v) is 5.66. The lowest BCUT2D eigenvalue weighted by molar-refractivity contribution is -0.114. The lowest BCUT2D eigenvalue weighted by atomic mass is 9.96. The molecule has 1 amide bonds. The zero-order chi connectivity index (χ0) is 21.4. The summed E-state index contributed by atoms with van der Waals surface area (Å²) in [6.07, 6.45) is 4.09. The second-order valence-electron chi connectivity index (χ2n) is 7.34. The second-order valence-corrected chi connectivity index (χ2v) is 8.83. The van der Waals surface area contributed by atoms with E-state index in [2.05, 4.69) is 5.32 Å². The Labute approximate surface area is 182 Å². The van der Waals surface area contributed by atoms with Crippen molar-refractivity contribution in [3.63, 3.8) is 0 Å². The van der Waals surface area contributed by atoms with Crippen molar-refractivity contribution in [2.24, 2.45) is 0 Å². The normalized spacial score (nSPS) is 13.3. The molecule has 0 spiro atoms. The maximum atomic E-state index is 13.5. The molecule has 0 bridgehead atoms. The predicted molar refractivity (Wildman–Crippen MR) is 117 cm³/mol. The van der Waals surface area contributed by atoms with Crippen LogP contribution in [0.3, 0.4) is 0 Å². The standard InChI is InChI=1S/C22H22ClFN2O3S/c1-3-29-22(28)20-19(25-12(2)27)18-15-6-4-5-7-17(15)30-21(18)26(20)11-13-8-9-14(24)10-16(13)23/h8-10H,3-7,11H2,1-2H3,(H,25,27). The first kappa shape index (κ1) is 20.9. The largest absolute Gasteiger partial charge is 0.461 e. The summed E-state index contributed by atoms with van der Waals surface area (Å²) >= 11 is 7.92. The van der Waals surface area contributed by atoms with Crippen molar-refractivity contribution in [2.75, 3.05) is 11.9 Å². The Bertz CT molecular complexity index is 1150. The number of carbonyl (C=O) groups is 2. The monoisotopic (exact) mass is 448 g/mol. The number of esters is 1. The molecule has 4 rings (SSSR count). The molecule has 5 nitrogen and oxygen atoms in total.